The number of isocyanates is 1. The van der Waals surface area contributed by atoms with Gasteiger partial charge in [0.2, 0.25) is 6.08 Å². The molecule has 2 aromatic rings. The minimum atomic E-state index is 0.460. The van der Waals surface area contributed by atoms with Gasteiger partial charge in [0.25, 0.3) is 6.26 Å². The van der Waals surface area contributed by atoms with Crippen LogP contribution in [0.4, 0.5) is 5.69 Å². The van der Waals surface area contributed by atoms with Gasteiger partial charge in [-0.15, -0.1) is 5.26 Å². The number of fused-ring (bicyclic) bond motifs is 1. The molecule has 0 aromatic heterocycles. The number of nitriles is 1. The molecule has 0 aliphatic carbocycles. The van der Waals surface area contributed by atoms with Crippen molar-refractivity contribution >= 4 is 22.5 Å². The van der Waals surface area contributed by atoms with Crippen molar-refractivity contribution in [2.75, 3.05) is 0 Å². The molecule has 0 heterocycles. The molecule has 2 rings (SSSR count). The number of rotatable bonds is 2. The van der Waals surface area contributed by atoms with E-state index in [-0.39, 0.29) is 0 Å². The zero-order valence-corrected chi connectivity index (χ0v) is 8.18. The SMILES string of the molecule is N#COc1ccc2ccc(N=C=O)cc2c1. The van der Waals surface area contributed by atoms with Gasteiger partial charge in [0.05, 0.1) is 5.69 Å². The van der Waals surface area contributed by atoms with Gasteiger partial charge >= 0.3 is 0 Å². The molecule has 2 aromatic carbocycles. The third kappa shape index (κ3) is 1.90. The Morgan fingerprint density at radius 3 is 2.69 bits per heavy atom. The van der Waals surface area contributed by atoms with Crippen LogP contribution in [0.25, 0.3) is 10.8 Å². The third-order valence-corrected chi connectivity index (χ3v) is 2.13. The van der Waals surface area contributed by atoms with E-state index in [1.54, 1.807) is 30.5 Å². The number of nitrogens with zero attached hydrogens (tertiary/aromatic N) is 2. The molecule has 0 saturated heterocycles. The maximum absolute atomic E-state index is 10.1. The molecular weight excluding hydrogens is 204 g/mol. The summed E-state index contributed by atoms with van der Waals surface area (Å²) in [5.41, 5.74) is 0.525. The maximum Gasteiger partial charge on any atom is 0.292 e. The van der Waals surface area contributed by atoms with Gasteiger partial charge in [-0.1, -0.05) is 12.1 Å². The van der Waals surface area contributed by atoms with Gasteiger partial charge < -0.3 is 4.74 Å². The van der Waals surface area contributed by atoms with Crippen LogP contribution in [0, 0.1) is 11.5 Å². The van der Waals surface area contributed by atoms with Crippen molar-refractivity contribution in [2.24, 2.45) is 4.99 Å². The van der Waals surface area contributed by atoms with Crippen LogP contribution in [0.1, 0.15) is 0 Å². The molecule has 0 fully saturated rings. The summed E-state index contributed by atoms with van der Waals surface area (Å²) in [6, 6.07) is 10.5. The smallest absolute Gasteiger partial charge is 0.292 e. The van der Waals surface area contributed by atoms with Crippen molar-refractivity contribution in [3.05, 3.63) is 36.4 Å². The minimum absolute atomic E-state index is 0.460. The van der Waals surface area contributed by atoms with Crippen LogP contribution in [-0.2, 0) is 4.79 Å². The number of carbonyl (C=O) groups excluding carboxylic acids is 1. The molecule has 0 radical (unpaired) electrons. The Kier molecular flexibility index (Phi) is 2.64. The van der Waals surface area contributed by atoms with Crippen LogP contribution >= 0.6 is 0 Å². The van der Waals surface area contributed by atoms with E-state index in [0.717, 1.165) is 10.8 Å². The first-order valence-corrected chi connectivity index (χ1v) is 4.51. The Labute approximate surface area is 91.4 Å². The van der Waals surface area contributed by atoms with Gasteiger partial charge in [0.1, 0.15) is 5.75 Å². The molecule has 4 heteroatoms. The summed E-state index contributed by atoms with van der Waals surface area (Å²) >= 11 is 0. The Bertz CT molecular complexity index is 622. The second kappa shape index (κ2) is 4.26. The molecule has 76 valence electrons. The van der Waals surface area contributed by atoms with Crippen molar-refractivity contribution < 1.29 is 9.53 Å². The summed E-state index contributed by atoms with van der Waals surface area (Å²) in [6.07, 6.45) is 3.08. The lowest BCUT2D eigenvalue weighted by molar-refractivity contribution is 0.508. The Morgan fingerprint density at radius 2 is 1.94 bits per heavy atom. The summed E-state index contributed by atoms with van der Waals surface area (Å²) in [7, 11) is 0. The quantitative estimate of drug-likeness (QED) is 0.435. The Morgan fingerprint density at radius 1 is 1.12 bits per heavy atom. The Hall–Kier alpha value is -2.63. The van der Waals surface area contributed by atoms with Crippen LogP contribution in [0.15, 0.2) is 41.4 Å². The topological polar surface area (TPSA) is 62.4 Å². The largest absolute Gasteiger partial charge is 0.388 e. The van der Waals surface area contributed by atoms with E-state index in [1.165, 1.54) is 6.08 Å². The van der Waals surface area contributed by atoms with Crippen molar-refractivity contribution in [3.63, 3.8) is 0 Å². The average molecular weight is 210 g/mol. The predicted octanol–water partition coefficient (Wildman–Crippen LogP) is 2.67. The van der Waals surface area contributed by atoms with Gasteiger partial charge in [0, 0.05) is 0 Å². The summed E-state index contributed by atoms with van der Waals surface area (Å²) < 4.78 is 4.71. The second-order valence-corrected chi connectivity index (χ2v) is 3.09. The molecule has 0 bridgehead atoms. The molecule has 4 nitrogen and oxygen atoms in total. The lowest BCUT2D eigenvalue weighted by atomic mass is 10.1. The second-order valence-electron chi connectivity index (χ2n) is 3.09. The van der Waals surface area contributed by atoms with Crippen LogP contribution < -0.4 is 4.74 Å². The molecule has 0 spiro atoms. The van der Waals surface area contributed by atoms with E-state index in [0.29, 0.717) is 11.4 Å². The number of ether oxygens (including phenoxy) is 1. The van der Waals surface area contributed by atoms with Crippen LogP contribution in [0.3, 0.4) is 0 Å². The molecule has 16 heavy (non-hydrogen) atoms. The van der Waals surface area contributed by atoms with E-state index in [2.05, 4.69) is 4.99 Å². The highest BCUT2D eigenvalue weighted by Crippen LogP contribution is 2.24. The van der Waals surface area contributed by atoms with E-state index >= 15 is 0 Å². The highest BCUT2D eigenvalue weighted by atomic mass is 16.5. The lowest BCUT2D eigenvalue weighted by Gasteiger charge is -2.00. The van der Waals surface area contributed by atoms with Gasteiger partial charge in [-0.25, -0.2) is 4.79 Å². The number of hydrogen-bond acceptors (Lipinski definition) is 4. The van der Waals surface area contributed by atoms with Crippen LogP contribution in [0.5, 0.6) is 5.75 Å². The van der Waals surface area contributed by atoms with E-state index in [1.807, 2.05) is 12.1 Å². The standard InChI is InChI=1S/C12H6N2O2/c13-7-16-12-4-2-9-1-3-11(14-8-15)5-10(9)6-12/h1-6H. The van der Waals surface area contributed by atoms with Gasteiger partial charge in [-0.3, -0.25) is 0 Å². The van der Waals surface area contributed by atoms with Crippen molar-refractivity contribution in [3.8, 4) is 12.0 Å². The zero-order chi connectivity index (χ0) is 11.4. The lowest BCUT2D eigenvalue weighted by Crippen LogP contribution is -1.81. The molecule has 0 aliphatic heterocycles. The first kappa shape index (κ1) is 9.91. The normalized spacial score (nSPS) is 9.19. The van der Waals surface area contributed by atoms with E-state index in [4.69, 9.17) is 10.00 Å². The summed E-state index contributed by atoms with van der Waals surface area (Å²) in [6.45, 7) is 0. The monoisotopic (exact) mass is 210 g/mol. The molecule has 0 unspecified atom stereocenters. The van der Waals surface area contributed by atoms with Crippen molar-refractivity contribution in [1.82, 2.24) is 0 Å². The number of hydrogen-bond donors (Lipinski definition) is 0. The molecule has 0 amide bonds. The summed E-state index contributed by atoms with van der Waals surface area (Å²) in [4.78, 5) is 13.6. The summed E-state index contributed by atoms with van der Waals surface area (Å²) in [5, 5.41) is 10.2. The number of benzene rings is 2. The third-order valence-electron chi connectivity index (χ3n) is 2.13. The zero-order valence-electron chi connectivity index (χ0n) is 8.18. The van der Waals surface area contributed by atoms with E-state index < -0.39 is 0 Å². The van der Waals surface area contributed by atoms with Gasteiger partial charge in [-0.2, -0.15) is 4.99 Å². The van der Waals surface area contributed by atoms with Gasteiger partial charge in [0.15, 0.2) is 0 Å². The first-order valence-electron chi connectivity index (χ1n) is 4.51. The minimum Gasteiger partial charge on any atom is -0.388 e. The first-order chi connectivity index (χ1) is 7.83. The molecule has 0 N–H and O–H groups in total. The van der Waals surface area contributed by atoms with Crippen molar-refractivity contribution in [2.45, 2.75) is 0 Å². The number of aliphatic imine (C=N–C) groups is 1. The predicted molar refractivity (Wildman–Crippen MR) is 58.0 cm³/mol. The van der Waals surface area contributed by atoms with E-state index in [9.17, 15) is 4.79 Å². The van der Waals surface area contributed by atoms with Gasteiger partial charge in [-0.05, 0) is 35.0 Å². The fourth-order valence-corrected chi connectivity index (χ4v) is 1.45. The average Bonchev–Trinajstić information content (AvgIpc) is 2.29. The highest BCUT2D eigenvalue weighted by Gasteiger charge is 1.98. The Balaban J connectivity index is 2.56. The highest BCUT2D eigenvalue weighted by molar-refractivity contribution is 5.86. The molecule has 0 saturated carbocycles. The fourth-order valence-electron chi connectivity index (χ4n) is 1.45. The molecule has 0 atom stereocenters. The van der Waals surface area contributed by atoms with Crippen LogP contribution in [0.2, 0.25) is 0 Å². The van der Waals surface area contributed by atoms with Crippen molar-refractivity contribution in [1.29, 1.82) is 5.26 Å². The summed E-state index contributed by atoms with van der Waals surface area (Å²) in [5.74, 6) is 0.460. The maximum atomic E-state index is 10.1. The fraction of sp³-hybridized carbons (Fsp3) is 0. The molecule has 0 aliphatic rings. The molecular formula is C12H6N2O2. The van der Waals surface area contributed by atoms with Crippen LogP contribution in [-0.4, -0.2) is 6.08 Å².